The molecule has 1 rings (SSSR count). The minimum absolute atomic E-state index is 0.00212. The van der Waals surface area contributed by atoms with Gasteiger partial charge in [-0.1, -0.05) is 12.1 Å². The molecule has 66 valence electrons. The maximum atomic E-state index is 12.5. The number of aliphatic hydroxyl groups excluding tert-OH is 1. The maximum Gasteiger partial charge on any atom is 0.123 e. The van der Waals surface area contributed by atoms with Crippen molar-refractivity contribution in [1.29, 1.82) is 0 Å². The molecule has 0 fully saturated rings. The fourth-order valence-electron chi connectivity index (χ4n) is 1.05. The molecule has 1 atom stereocenters. The second-order valence-electron chi connectivity index (χ2n) is 2.67. The quantitative estimate of drug-likeness (QED) is 0.705. The van der Waals surface area contributed by atoms with Crippen molar-refractivity contribution in [2.75, 3.05) is 13.2 Å². The largest absolute Gasteiger partial charge is 0.396 e. The number of halogens is 1. The van der Waals surface area contributed by atoms with Gasteiger partial charge in [-0.25, -0.2) is 4.39 Å². The van der Waals surface area contributed by atoms with Crippen molar-refractivity contribution in [3.8, 4) is 0 Å². The van der Waals surface area contributed by atoms with E-state index in [9.17, 15) is 4.39 Å². The van der Waals surface area contributed by atoms with Crippen LogP contribution in [0, 0.1) is 5.82 Å². The molecule has 0 saturated heterocycles. The van der Waals surface area contributed by atoms with Crippen molar-refractivity contribution in [1.82, 2.24) is 0 Å². The summed E-state index contributed by atoms with van der Waals surface area (Å²) in [7, 11) is 0. The molecule has 1 aromatic carbocycles. The van der Waals surface area contributed by atoms with Crippen LogP contribution >= 0.6 is 0 Å². The number of benzene rings is 1. The summed E-state index contributed by atoms with van der Waals surface area (Å²) in [6.45, 7) is 0.379. The summed E-state index contributed by atoms with van der Waals surface area (Å²) in [5.41, 5.74) is 6.28. The minimum atomic E-state index is -0.271. The third-order valence-corrected chi connectivity index (χ3v) is 1.85. The highest BCUT2D eigenvalue weighted by molar-refractivity contribution is 5.20. The molecule has 0 unspecified atom stereocenters. The summed E-state index contributed by atoms with van der Waals surface area (Å²) in [6, 6.07) is 6.02. The van der Waals surface area contributed by atoms with Gasteiger partial charge in [0.05, 0.1) is 6.61 Å². The van der Waals surface area contributed by atoms with Gasteiger partial charge < -0.3 is 10.8 Å². The third-order valence-electron chi connectivity index (χ3n) is 1.85. The number of aliphatic hydroxyl groups is 1. The van der Waals surface area contributed by atoms with Gasteiger partial charge in [0.1, 0.15) is 5.82 Å². The zero-order valence-electron chi connectivity index (χ0n) is 6.70. The zero-order chi connectivity index (χ0) is 8.97. The molecule has 0 amide bonds. The number of rotatable bonds is 3. The third kappa shape index (κ3) is 2.03. The Labute approximate surface area is 70.8 Å². The summed E-state index contributed by atoms with van der Waals surface area (Å²) < 4.78 is 12.5. The van der Waals surface area contributed by atoms with Crippen LogP contribution in [0.1, 0.15) is 11.5 Å². The van der Waals surface area contributed by atoms with E-state index in [0.717, 1.165) is 5.56 Å². The smallest absolute Gasteiger partial charge is 0.123 e. The average Bonchev–Trinajstić information content (AvgIpc) is 2.10. The molecule has 0 spiro atoms. The van der Waals surface area contributed by atoms with E-state index in [1.165, 1.54) is 12.1 Å². The molecule has 0 aromatic heterocycles. The predicted molar refractivity (Wildman–Crippen MR) is 45.3 cm³/mol. The van der Waals surface area contributed by atoms with E-state index in [-0.39, 0.29) is 18.3 Å². The first-order valence-electron chi connectivity index (χ1n) is 3.84. The Kier molecular flexibility index (Phi) is 3.19. The SMILES string of the molecule is NC[C@H](CO)c1ccc(F)cc1. The summed E-state index contributed by atoms with van der Waals surface area (Å²) in [5, 5.41) is 8.88. The van der Waals surface area contributed by atoms with Crippen molar-refractivity contribution in [2.24, 2.45) is 5.73 Å². The van der Waals surface area contributed by atoms with Crippen molar-refractivity contribution in [3.05, 3.63) is 35.6 Å². The fourth-order valence-corrected chi connectivity index (χ4v) is 1.05. The molecule has 2 nitrogen and oxygen atoms in total. The molecule has 3 heteroatoms. The lowest BCUT2D eigenvalue weighted by Crippen LogP contribution is -2.15. The first kappa shape index (κ1) is 9.16. The van der Waals surface area contributed by atoms with Gasteiger partial charge in [0.2, 0.25) is 0 Å². The van der Waals surface area contributed by atoms with E-state index in [0.29, 0.717) is 6.54 Å². The van der Waals surface area contributed by atoms with Crippen LogP contribution in [0.4, 0.5) is 4.39 Å². The fraction of sp³-hybridized carbons (Fsp3) is 0.333. The molecule has 0 aliphatic carbocycles. The second-order valence-corrected chi connectivity index (χ2v) is 2.67. The van der Waals surface area contributed by atoms with E-state index < -0.39 is 0 Å². The zero-order valence-corrected chi connectivity index (χ0v) is 6.70. The molecule has 1 aromatic rings. The molecule has 0 radical (unpaired) electrons. The molecule has 0 aliphatic rings. The average molecular weight is 169 g/mol. The highest BCUT2D eigenvalue weighted by Crippen LogP contribution is 2.13. The van der Waals surface area contributed by atoms with E-state index in [1.807, 2.05) is 0 Å². The molecule has 0 heterocycles. The van der Waals surface area contributed by atoms with E-state index in [4.69, 9.17) is 10.8 Å². The molecule has 0 bridgehead atoms. The maximum absolute atomic E-state index is 12.5. The Morgan fingerprint density at radius 2 is 1.92 bits per heavy atom. The summed E-state index contributed by atoms with van der Waals surface area (Å²) in [6.07, 6.45) is 0. The van der Waals surface area contributed by atoms with Crippen LogP contribution in [0.25, 0.3) is 0 Å². The summed E-state index contributed by atoms with van der Waals surface area (Å²) >= 11 is 0. The van der Waals surface area contributed by atoms with Crippen LogP contribution in [0.2, 0.25) is 0 Å². The van der Waals surface area contributed by atoms with Crippen LogP contribution in [0.15, 0.2) is 24.3 Å². The predicted octanol–water partition coefficient (Wildman–Crippen LogP) is 0.860. The second kappa shape index (κ2) is 4.18. The Bertz CT molecular complexity index is 231. The Balaban J connectivity index is 2.80. The van der Waals surface area contributed by atoms with Gasteiger partial charge in [-0.2, -0.15) is 0 Å². The van der Waals surface area contributed by atoms with Gasteiger partial charge in [0.25, 0.3) is 0 Å². The van der Waals surface area contributed by atoms with Crippen LogP contribution in [0.5, 0.6) is 0 Å². The number of hydrogen-bond acceptors (Lipinski definition) is 2. The van der Waals surface area contributed by atoms with Crippen molar-refractivity contribution < 1.29 is 9.50 Å². The topological polar surface area (TPSA) is 46.2 Å². The monoisotopic (exact) mass is 169 g/mol. The highest BCUT2D eigenvalue weighted by Gasteiger charge is 2.06. The summed E-state index contributed by atoms with van der Waals surface area (Å²) in [4.78, 5) is 0. The molecule has 3 N–H and O–H groups in total. The van der Waals surface area contributed by atoms with Gasteiger partial charge >= 0.3 is 0 Å². The lowest BCUT2D eigenvalue weighted by Gasteiger charge is -2.10. The van der Waals surface area contributed by atoms with Crippen molar-refractivity contribution >= 4 is 0 Å². The minimum Gasteiger partial charge on any atom is -0.396 e. The summed E-state index contributed by atoms with van der Waals surface area (Å²) in [5.74, 6) is -0.349. The van der Waals surface area contributed by atoms with E-state index >= 15 is 0 Å². The highest BCUT2D eigenvalue weighted by atomic mass is 19.1. The number of hydrogen-bond donors (Lipinski definition) is 2. The van der Waals surface area contributed by atoms with E-state index in [2.05, 4.69) is 0 Å². The molecular formula is C9H12FNO. The molecule has 0 aliphatic heterocycles. The molecular weight excluding hydrogens is 157 g/mol. The Morgan fingerprint density at radius 3 is 2.33 bits per heavy atom. The Hall–Kier alpha value is -0.930. The lowest BCUT2D eigenvalue weighted by atomic mass is 10.0. The number of nitrogens with two attached hydrogens (primary N) is 1. The van der Waals surface area contributed by atoms with Crippen LogP contribution in [-0.2, 0) is 0 Å². The Morgan fingerprint density at radius 1 is 1.33 bits per heavy atom. The van der Waals surface area contributed by atoms with Gasteiger partial charge in [0.15, 0.2) is 0 Å². The molecule has 12 heavy (non-hydrogen) atoms. The first-order chi connectivity index (χ1) is 5.77. The van der Waals surface area contributed by atoms with Gasteiger partial charge in [0, 0.05) is 12.5 Å². The lowest BCUT2D eigenvalue weighted by molar-refractivity contribution is 0.268. The molecule has 0 saturated carbocycles. The van der Waals surface area contributed by atoms with Crippen molar-refractivity contribution in [3.63, 3.8) is 0 Å². The standard InChI is InChI=1S/C9H12FNO/c10-9-3-1-7(2-4-9)8(5-11)6-12/h1-4,8,12H,5-6,11H2/t8-/m1/s1. The van der Waals surface area contributed by atoms with E-state index in [1.54, 1.807) is 12.1 Å². The van der Waals surface area contributed by atoms with Gasteiger partial charge in [-0.15, -0.1) is 0 Å². The van der Waals surface area contributed by atoms with Gasteiger partial charge in [-0.3, -0.25) is 0 Å². The van der Waals surface area contributed by atoms with Gasteiger partial charge in [-0.05, 0) is 17.7 Å². The van der Waals surface area contributed by atoms with Crippen LogP contribution in [0.3, 0.4) is 0 Å². The first-order valence-corrected chi connectivity index (χ1v) is 3.84. The van der Waals surface area contributed by atoms with Crippen LogP contribution in [-0.4, -0.2) is 18.3 Å². The van der Waals surface area contributed by atoms with Crippen LogP contribution < -0.4 is 5.73 Å². The normalized spacial score (nSPS) is 12.9. The van der Waals surface area contributed by atoms with Crippen molar-refractivity contribution in [2.45, 2.75) is 5.92 Å².